The summed E-state index contributed by atoms with van der Waals surface area (Å²) in [4.78, 5) is 10.7. The molecule has 0 unspecified atom stereocenters. The van der Waals surface area contributed by atoms with Gasteiger partial charge in [-0.05, 0) is 37.7 Å². The molecule has 0 spiro atoms. The molecule has 2 aliphatic heterocycles. The van der Waals surface area contributed by atoms with Gasteiger partial charge in [-0.3, -0.25) is 4.90 Å². The molecule has 1 aromatic heterocycles. The van der Waals surface area contributed by atoms with Crippen molar-refractivity contribution < 1.29 is 4.74 Å². The van der Waals surface area contributed by atoms with Crippen LogP contribution in [0.5, 0.6) is 0 Å². The number of likely N-dealkylation sites (tertiary alicyclic amines) is 1. The molecule has 4 atom stereocenters. The molecule has 130 valence electrons. The molecule has 3 aliphatic rings. The van der Waals surface area contributed by atoms with Crippen molar-refractivity contribution in [3.63, 3.8) is 0 Å². The third kappa shape index (κ3) is 2.29. The van der Waals surface area contributed by atoms with Crippen molar-refractivity contribution in [2.24, 2.45) is 11.8 Å². The van der Waals surface area contributed by atoms with Gasteiger partial charge in [-0.15, -0.1) is 0 Å². The molecule has 2 aromatic rings. The van der Waals surface area contributed by atoms with Crippen molar-refractivity contribution in [1.29, 1.82) is 0 Å². The highest BCUT2D eigenvalue weighted by atomic mass is 16.6. The molecule has 2 N–H and O–H groups in total. The van der Waals surface area contributed by atoms with Crippen LogP contribution in [-0.2, 0) is 16.9 Å². The lowest BCUT2D eigenvalue weighted by atomic mass is 9.63. The monoisotopic (exact) mass is 336 g/mol. The summed E-state index contributed by atoms with van der Waals surface area (Å²) in [5.41, 5.74) is 9.30. The summed E-state index contributed by atoms with van der Waals surface area (Å²) in [6.07, 6.45) is 7.59. The third-order valence-electron chi connectivity index (χ3n) is 6.29. The maximum Gasteiger partial charge on any atom is 0.219 e. The average Bonchev–Trinajstić information content (AvgIpc) is 2.92. The summed E-state index contributed by atoms with van der Waals surface area (Å²) >= 11 is 0. The van der Waals surface area contributed by atoms with Crippen molar-refractivity contribution in [3.05, 3.63) is 53.3 Å². The number of rotatable bonds is 3. The lowest BCUT2D eigenvalue weighted by Crippen LogP contribution is -2.61. The number of benzene rings is 1. The maximum absolute atomic E-state index is 6.62. The SMILES string of the molecule is Cc1ccc([C@]23CCC[C@@H]4CN(Cc5cnc(N)nc5)[C@@H](O2)[C@H]43)cc1. The highest BCUT2D eigenvalue weighted by Gasteiger charge is 2.65. The summed E-state index contributed by atoms with van der Waals surface area (Å²) in [6, 6.07) is 8.96. The summed E-state index contributed by atoms with van der Waals surface area (Å²) in [7, 11) is 0. The van der Waals surface area contributed by atoms with Crippen molar-refractivity contribution in [2.45, 2.75) is 44.6 Å². The van der Waals surface area contributed by atoms with Crippen LogP contribution in [0.3, 0.4) is 0 Å². The fourth-order valence-electron chi connectivity index (χ4n) is 5.16. The first-order chi connectivity index (χ1) is 12.2. The standard InChI is InChI=1S/C20H24N4O/c1-13-4-6-16(7-5-13)20-8-2-3-15-12-24(18(25-20)17(15)20)11-14-9-22-19(21)23-10-14/h4-7,9-10,15,17-18H,2-3,8,11-12H2,1H3,(H2,21,22,23)/t15-,17+,18+,20+/m1/s1. The van der Waals surface area contributed by atoms with E-state index in [1.54, 1.807) is 0 Å². The fraction of sp³-hybridized carbons (Fsp3) is 0.500. The van der Waals surface area contributed by atoms with Crippen LogP contribution in [0.4, 0.5) is 5.95 Å². The molecule has 2 saturated heterocycles. The number of aryl methyl sites for hydroxylation is 1. The van der Waals surface area contributed by atoms with E-state index < -0.39 is 0 Å². The zero-order valence-corrected chi connectivity index (χ0v) is 14.6. The Hall–Kier alpha value is -1.98. The highest BCUT2D eigenvalue weighted by Crippen LogP contribution is 2.61. The summed E-state index contributed by atoms with van der Waals surface area (Å²) in [5, 5.41) is 0. The molecule has 1 saturated carbocycles. The lowest BCUT2D eigenvalue weighted by molar-refractivity contribution is -0.313. The Kier molecular flexibility index (Phi) is 3.37. The Morgan fingerprint density at radius 1 is 1.24 bits per heavy atom. The molecule has 0 radical (unpaired) electrons. The van der Waals surface area contributed by atoms with Crippen LogP contribution in [0.15, 0.2) is 36.7 Å². The highest BCUT2D eigenvalue weighted by molar-refractivity contribution is 5.32. The van der Waals surface area contributed by atoms with Gasteiger partial charge in [-0.1, -0.05) is 29.8 Å². The van der Waals surface area contributed by atoms with E-state index in [-0.39, 0.29) is 11.8 Å². The molecule has 1 aromatic carbocycles. The van der Waals surface area contributed by atoms with E-state index >= 15 is 0 Å². The van der Waals surface area contributed by atoms with E-state index in [1.165, 1.54) is 24.0 Å². The van der Waals surface area contributed by atoms with Gasteiger partial charge in [0, 0.05) is 37.0 Å². The number of nitrogens with two attached hydrogens (primary N) is 1. The Balaban J connectivity index is 1.40. The zero-order valence-electron chi connectivity index (χ0n) is 14.6. The second-order valence-corrected chi connectivity index (χ2v) is 7.82. The number of nitrogens with zero attached hydrogens (tertiary/aromatic N) is 3. The first-order valence-corrected chi connectivity index (χ1v) is 9.21. The Morgan fingerprint density at radius 2 is 2.00 bits per heavy atom. The van der Waals surface area contributed by atoms with Crippen LogP contribution < -0.4 is 5.73 Å². The van der Waals surface area contributed by atoms with Gasteiger partial charge in [0.1, 0.15) is 11.8 Å². The molecule has 25 heavy (non-hydrogen) atoms. The maximum atomic E-state index is 6.62. The van der Waals surface area contributed by atoms with Gasteiger partial charge in [-0.25, -0.2) is 9.97 Å². The van der Waals surface area contributed by atoms with Gasteiger partial charge in [0.15, 0.2) is 0 Å². The molecule has 0 bridgehead atoms. The van der Waals surface area contributed by atoms with Gasteiger partial charge in [0.2, 0.25) is 5.95 Å². The summed E-state index contributed by atoms with van der Waals surface area (Å²) in [6.45, 7) is 4.08. The van der Waals surface area contributed by atoms with Crippen LogP contribution in [0, 0.1) is 18.8 Å². The minimum absolute atomic E-state index is 0.0619. The molecule has 5 rings (SSSR count). The number of aromatic nitrogens is 2. The van der Waals surface area contributed by atoms with Crippen LogP contribution in [0.2, 0.25) is 0 Å². The van der Waals surface area contributed by atoms with E-state index in [4.69, 9.17) is 10.5 Å². The molecular weight excluding hydrogens is 312 g/mol. The smallest absolute Gasteiger partial charge is 0.219 e. The van der Waals surface area contributed by atoms with Crippen LogP contribution in [0.25, 0.3) is 0 Å². The zero-order chi connectivity index (χ0) is 17.0. The largest absolute Gasteiger partial charge is 0.368 e. The predicted molar refractivity (Wildman–Crippen MR) is 95.4 cm³/mol. The number of anilines is 1. The first kappa shape index (κ1) is 15.3. The second-order valence-electron chi connectivity index (χ2n) is 7.82. The topological polar surface area (TPSA) is 64.3 Å². The van der Waals surface area contributed by atoms with Crippen molar-refractivity contribution in [2.75, 3.05) is 12.3 Å². The predicted octanol–water partition coefficient (Wildman–Crippen LogP) is 2.85. The van der Waals surface area contributed by atoms with Gasteiger partial charge in [0.05, 0.1) is 0 Å². The number of hydrogen-bond acceptors (Lipinski definition) is 5. The van der Waals surface area contributed by atoms with E-state index in [9.17, 15) is 0 Å². The Morgan fingerprint density at radius 3 is 2.76 bits per heavy atom. The number of nitrogen functional groups attached to an aromatic ring is 1. The number of hydrogen-bond donors (Lipinski definition) is 1. The Bertz CT molecular complexity index is 775. The van der Waals surface area contributed by atoms with Gasteiger partial charge in [-0.2, -0.15) is 0 Å². The molecule has 3 fully saturated rings. The van der Waals surface area contributed by atoms with E-state index in [2.05, 4.69) is 46.1 Å². The number of ether oxygens (including phenoxy) is 1. The minimum atomic E-state index is -0.0619. The molecular formula is C20H24N4O. The molecule has 0 amide bonds. The van der Waals surface area contributed by atoms with Gasteiger partial charge in [0.25, 0.3) is 0 Å². The van der Waals surface area contributed by atoms with E-state index in [0.29, 0.717) is 11.9 Å². The van der Waals surface area contributed by atoms with Crippen LogP contribution in [-0.4, -0.2) is 27.6 Å². The molecule has 5 heteroatoms. The Labute approximate surface area is 148 Å². The van der Waals surface area contributed by atoms with Crippen molar-refractivity contribution in [3.8, 4) is 0 Å². The normalized spacial score (nSPS) is 33.7. The minimum Gasteiger partial charge on any atom is -0.368 e. The van der Waals surface area contributed by atoms with E-state index in [1.807, 2.05) is 12.4 Å². The molecule has 5 nitrogen and oxygen atoms in total. The second kappa shape index (κ2) is 5.51. The quantitative estimate of drug-likeness (QED) is 0.934. The molecule has 1 aliphatic carbocycles. The van der Waals surface area contributed by atoms with Crippen molar-refractivity contribution in [1.82, 2.24) is 14.9 Å². The average molecular weight is 336 g/mol. The van der Waals surface area contributed by atoms with Crippen molar-refractivity contribution >= 4 is 5.95 Å². The fourth-order valence-corrected chi connectivity index (χ4v) is 5.16. The third-order valence-corrected chi connectivity index (χ3v) is 6.29. The summed E-state index contributed by atoms with van der Waals surface area (Å²) in [5.74, 6) is 1.67. The summed E-state index contributed by atoms with van der Waals surface area (Å²) < 4.78 is 6.62. The molecule has 3 heterocycles. The van der Waals surface area contributed by atoms with Crippen LogP contribution in [0.1, 0.15) is 36.0 Å². The van der Waals surface area contributed by atoms with Gasteiger partial charge >= 0.3 is 0 Å². The van der Waals surface area contributed by atoms with Gasteiger partial charge < -0.3 is 10.5 Å². The van der Waals surface area contributed by atoms with Crippen LogP contribution >= 0.6 is 0 Å². The van der Waals surface area contributed by atoms with E-state index in [0.717, 1.165) is 31.0 Å². The lowest BCUT2D eigenvalue weighted by Gasteiger charge is -2.57. The first-order valence-electron chi connectivity index (χ1n) is 9.21.